The molecular formula is C20H22BrNO4. The Morgan fingerprint density at radius 2 is 1.88 bits per heavy atom. The molecule has 1 atom stereocenters. The normalized spacial score (nSPS) is 11.7. The van der Waals surface area contributed by atoms with Crippen molar-refractivity contribution in [1.29, 1.82) is 0 Å². The summed E-state index contributed by atoms with van der Waals surface area (Å²) in [5.74, 6) is 1.09. The molecule has 0 fully saturated rings. The fourth-order valence-electron chi connectivity index (χ4n) is 2.55. The van der Waals surface area contributed by atoms with Crippen molar-refractivity contribution in [2.24, 2.45) is 5.92 Å². The van der Waals surface area contributed by atoms with Crippen LogP contribution in [0.3, 0.4) is 0 Å². The molecule has 0 aromatic heterocycles. The van der Waals surface area contributed by atoms with Gasteiger partial charge in [-0.3, -0.25) is 9.59 Å². The van der Waals surface area contributed by atoms with Crippen molar-refractivity contribution in [3.8, 4) is 11.5 Å². The Balaban J connectivity index is 2.02. The van der Waals surface area contributed by atoms with Gasteiger partial charge >= 0.3 is 0 Å². The Morgan fingerprint density at radius 1 is 1.19 bits per heavy atom. The molecule has 0 aliphatic rings. The molecule has 0 aliphatic heterocycles. The lowest BCUT2D eigenvalue weighted by molar-refractivity contribution is -0.124. The van der Waals surface area contributed by atoms with Gasteiger partial charge in [0.25, 0.3) is 5.91 Å². The number of carbonyl (C=O) groups excluding carboxylic acids is 2. The van der Waals surface area contributed by atoms with Crippen LogP contribution in [-0.2, 0) is 4.79 Å². The van der Waals surface area contributed by atoms with Gasteiger partial charge in [0, 0.05) is 4.47 Å². The lowest BCUT2D eigenvalue weighted by Crippen LogP contribution is -2.35. The third-order valence-corrected chi connectivity index (χ3v) is 4.41. The second-order valence-electron chi connectivity index (χ2n) is 6.15. The maximum Gasteiger partial charge on any atom is 0.258 e. The molecule has 0 spiro atoms. The molecule has 0 radical (unpaired) electrons. The number of benzene rings is 2. The number of hydrogen-bond donors (Lipinski definition) is 1. The predicted octanol–water partition coefficient (Wildman–Crippen LogP) is 4.16. The van der Waals surface area contributed by atoms with Crippen LogP contribution in [0.15, 0.2) is 46.9 Å². The summed E-state index contributed by atoms with van der Waals surface area (Å²) in [6, 6.07) is 12.5. The van der Waals surface area contributed by atoms with Crippen molar-refractivity contribution in [2.75, 3.05) is 13.7 Å². The average molecular weight is 420 g/mol. The molecule has 0 saturated heterocycles. The SMILES string of the molecule is COc1ccc(C(NC(=O)COc2ccc(Br)cc2C=O)C(C)C)cc1. The van der Waals surface area contributed by atoms with Crippen molar-refractivity contribution in [3.63, 3.8) is 0 Å². The number of hydrogen-bond acceptors (Lipinski definition) is 4. The molecule has 1 unspecified atom stereocenters. The predicted molar refractivity (Wildman–Crippen MR) is 104 cm³/mol. The molecule has 138 valence electrons. The maximum absolute atomic E-state index is 12.3. The lowest BCUT2D eigenvalue weighted by atomic mass is 9.96. The third kappa shape index (κ3) is 5.33. The Labute approximate surface area is 161 Å². The van der Waals surface area contributed by atoms with E-state index in [-0.39, 0.29) is 24.5 Å². The van der Waals surface area contributed by atoms with Gasteiger partial charge in [0.1, 0.15) is 11.5 Å². The second kappa shape index (κ2) is 9.38. The van der Waals surface area contributed by atoms with E-state index in [2.05, 4.69) is 21.2 Å². The van der Waals surface area contributed by atoms with E-state index in [1.165, 1.54) is 0 Å². The molecule has 26 heavy (non-hydrogen) atoms. The highest BCUT2D eigenvalue weighted by Gasteiger charge is 2.19. The van der Waals surface area contributed by atoms with Crippen molar-refractivity contribution in [1.82, 2.24) is 5.32 Å². The first-order valence-electron chi connectivity index (χ1n) is 8.25. The molecule has 1 N–H and O–H groups in total. The van der Waals surface area contributed by atoms with E-state index < -0.39 is 0 Å². The van der Waals surface area contributed by atoms with Crippen LogP contribution in [-0.4, -0.2) is 25.9 Å². The summed E-state index contributed by atoms with van der Waals surface area (Å²) in [7, 11) is 1.61. The van der Waals surface area contributed by atoms with E-state index in [9.17, 15) is 9.59 Å². The van der Waals surface area contributed by atoms with Gasteiger partial charge in [-0.2, -0.15) is 0 Å². The van der Waals surface area contributed by atoms with E-state index >= 15 is 0 Å². The maximum atomic E-state index is 12.3. The molecule has 0 aliphatic carbocycles. The highest BCUT2D eigenvalue weighted by Crippen LogP contribution is 2.24. The van der Waals surface area contributed by atoms with E-state index in [0.29, 0.717) is 17.6 Å². The molecule has 5 nitrogen and oxygen atoms in total. The van der Waals surface area contributed by atoms with Crippen molar-refractivity contribution < 1.29 is 19.1 Å². The molecule has 1 amide bonds. The van der Waals surface area contributed by atoms with Gasteiger partial charge in [0.05, 0.1) is 18.7 Å². The number of nitrogens with one attached hydrogen (secondary N) is 1. The molecular weight excluding hydrogens is 398 g/mol. The minimum atomic E-state index is -0.251. The summed E-state index contributed by atoms with van der Waals surface area (Å²) in [6.45, 7) is 3.91. The molecule has 0 bridgehead atoms. The zero-order valence-corrected chi connectivity index (χ0v) is 16.6. The minimum Gasteiger partial charge on any atom is -0.497 e. The van der Waals surface area contributed by atoms with Crippen LogP contribution in [0.4, 0.5) is 0 Å². The standard InChI is InChI=1S/C20H22BrNO4/c1-13(2)20(14-4-7-17(25-3)8-5-14)22-19(24)12-26-18-9-6-16(21)10-15(18)11-23/h4-11,13,20H,12H2,1-3H3,(H,22,24). The van der Waals surface area contributed by atoms with Crippen molar-refractivity contribution in [2.45, 2.75) is 19.9 Å². The number of rotatable bonds is 8. The minimum absolute atomic E-state index is 0.146. The lowest BCUT2D eigenvalue weighted by Gasteiger charge is -2.23. The van der Waals surface area contributed by atoms with Crippen LogP contribution in [0.1, 0.15) is 35.8 Å². The average Bonchev–Trinajstić information content (AvgIpc) is 2.64. The Kier molecular flexibility index (Phi) is 7.21. The zero-order chi connectivity index (χ0) is 19.1. The second-order valence-corrected chi connectivity index (χ2v) is 7.07. The molecule has 2 aromatic rings. The Hall–Kier alpha value is -2.34. The van der Waals surface area contributed by atoms with Crippen LogP contribution in [0, 0.1) is 5.92 Å². The zero-order valence-electron chi connectivity index (χ0n) is 15.0. The van der Waals surface area contributed by atoms with Gasteiger partial charge in [-0.15, -0.1) is 0 Å². The van der Waals surface area contributed by atoms with Gasteiger partial charge in [0.15, 0.2) is 12.9 Å². The topological polar surface area (TPSA) is 64.6 Å². The number of carbonyl (C=O) groups is 2. The smallest absolute Gasteiger partial charge is 0.258 e. The number of methoxy groups -OCH3 is 1. The summed E-state index contributed by atoms with van der Waals surface area (Å²) in [5.41, 5.74) is 1.38. The number of aldehydes is 1. The monoisotopic (exact) mass is 419 g/mol. The number of ether oxygens (including phenoxy) is 2. The molecule has 0 heterocycles. The molecule has 2 rings (SSSR count). The molecule has 2 aromatic carbocycles. The van der Waals surface area contributed by atoms with E-state index in [4.69, 9.17) is 9.47 Å². The van der Waals surface area contributed by atoms with E-state index in [1.807, 2.05) is 38.1 Å². The van der Waals surface area contributed by atoms with Crippen LogP contribution in [0.25, 0.3) is 0 Å². The van der Waals surface area contributed by atoms with Gasteiger partial charge in [-0.1, -0.05) is 41.9 Å². The van der Waals surface area contributed by atoms with Crippen LogP contribution >= 0.6 is 15.9 Å². The van der Waals surface area contributed by atoms with Crippen molar-refractivity contribution in [3.05, 3.63) is 58.1 Å². The Bertz CT molecular complexity index is 759. The van der Waals surface area contributed by atoms with Crippen LogP contribution in [0.2, 0.25) is 0 Å². The van der Waals surface area contributed by atoms with Crippen molar-refractivity contribution >= 4 is 28.1 Å². The third-order valence-electron chi connectivity index (χ3n) is 3.92. The van der Waals surface area contributed by atoms with Crippen LogP contribution < -0.4 is 14.8 Å². The summed E-state index contributed by atoms with van der Waals surface area (Å²) in [4.78, 5) is 23.5. The summed E-state index contributed by atoms with van der Waals surface area (Å²) < 4.78 is 11.5. The van der Waals surface area contributed by atoms with Gasteiger partial charge in [-0.05, 0) is 41.8 Å². The van der Waals surface area contributed by atoms with Gasteiger partial charge in [-0.25, -0.2) is 0 Å². The number of halogens is 1. The Morgan fingerprint density at radius 3 is 2.46 bits per heavy atom. The molecule has 0 saturated carbocycles. The summed E-state index contributed by atoms with van der Waals surface area (Å²) in [6.07, 6.45) is 0.701. The first-order valence-corrected chi connectivity index (χ1v) is 9.04. The number of amides is 1. The van der Waals surface area contributed by atoms with Gasteiger partial charge in [0.2, 0.25) is 0 Å². The van der Waals surface area contributed by atoms with Crippen LogP contribution in [0.5, 0.6) is 11.5 Å². The highest BCUT2D eigenvalue weighted by atomic mass is 79.9. The quantitative estimate of drug-likeness (QED) is 0.652. The fraction of sp³-hybridized carbons (Fsp3) is 0.300. The fourth-order valence-corrected chi connectivity index (χ4v) is 2.93. The largest absolute Gasteiger partial charge is 0.497 e. The van der Waals surface area contributed by atoms with E-state index in [0.717, 1.165) is 15.8 Å². The summed E-state index contributed by atoms with van der Waals surface area (Å²) in [5, 5.41) is 2.99. The van der Waals surface area contributed by atoms with E-state index in [1.54, 1.807) is 25.3 Å². The first kappa shape index (κ1) is 20.0. The first-order chi connectivity index (χ1) is 12.4. The summed E-state index contributed by atoms with van der Waals surface area (Å²) >= 11 is 3.30. The molecule has 6 heteroatoms. The highest BCUT2D eigenvalue weighted by molar-refractivity contribution is 9.10. The van der Waals surface area contributed by atoms with Gasteiger partial charge < -0.3 is 14.8 Å².